The molecule has 0 atom stereocenters. The highest BCUT2D eigenvalue weighted by molar-refractivity contribution is 7.18. The zero-order chi connectivity index (χ0) is 9.26. The van der Waals surface area contributed by atoms with E-state index < -0.39 is 0 Å². The first kappa shape index (κ1) is 8.40. The third kappa shape index (κ3) is 1.36. The van der Waals surface area contributed by atoms with Gasteiger partial charge in [0.1, 0.15) is 11.2 Å². The van der Waals surface area contributed by atoms with Gasteiger partial charge in [-0.2, -0.15) is 10.9 Å². The number of hydrogen-bond donors (Lipinski definition) is 1. The predicted octanol–water partition coefficient (Wildman–Crippen LogP) is 1.51. The summed E-state index contributed by atoms with van der Waals surface area (Å²) in [6.45, 7) is 2.10. The highest BCUT2D eigenvalue weighted by Gasteiger charge is 2.07. The van der Waals surface area contributed by atoms with E-state index in [2.05, 4.69) is 21.7 Å². The molecule has 0 bridgehead atoms. The zero-order valence-electron chi connectivity index (χ0n) is 7.15. The topological polar surface area (TPSA) is 61.0 Å². The second kappa shape index (κ2) is 3.27. The Morgan fingerprint density at radius 2 is 2.38 bits per heavy atom. The molecule has 2 N–H and O–H groups in total. The number of hydrogen-bond acceptors (Lipinski definition) is 5. The highest BCUT2D eigenvalue weighted by atomic mass is 32.1. The fraction of sp³-hybridized carbons (Fsp3) is 0.250. The Morgan fingerprint density at radius 1 is 1.54 bits per heavy atom. The molecule has 2 heterocycles. The van der Waals surface area contributed by atoms with Crippen LogP contribution in [-0.4, -0.2) is 9.97 Å². The number of nitrogens with two attached hydrogens (primary N) is 1. The minimum atomic E-state index is 0.445. The van der Waals surface area contributed by atoms with E-state index in [1.54, 1.807) is 11.3 Å². The molecule has 13 heavy (non-hydrogen) atoms. The van der Waals surface area contributed by atoms with Crippen LogP contribution in [0.15, 0.2) is 12.4 Å². The third-order valence-corrected chi connectivity index (χ3v) is 2.99. The van der Waals surface area contributed by atoms with E-state index >= 15 is 0 Å². The number of thiophene rings is 1. The highest BCUT2D eigenvalue weighted by Crippen LogP contribution is 2.28. The van der Waals surface area contributed by atoms with Crippen molar-refractivity contribution in [3.05, 3.63) is 17.3 Å². The predicted molar refractivity (Wildman–Crippen MR) is 51.6 cm³/mol. The normalized spacial score (nSPS) is 10.6. The third-order valence-electron chi connectivity index (χ3n) is 1.80. The van der Waals surface area contributed by atoms with Gasteiger partial charge < -0.3 is 4.84 Å². The average Bonchev–Trinajstić information content (AvgIpc) is 2.59. The van der Waals surface area contributed by atoms with Gasteiger partial charge in [-0.05, 0) is 12.5 Å². The summed E-state index contributed by atoms with van der Waals surface area (Å²) in [5.41, 5.74) is 0. The zero-order valence-corrected chi connectivity index (χ0v) is 7.97. The molecule has 0 amide bonds. The van der Waals surface area contributed by atoms with Crippen LogP contribution in [0.25, 0.3) is 10.2 Å². The van der Waals surface area contributed by atoms with Gasteiger partial charge in [0.25, 0.3) is 0 Å². The lowest BCUT2D eigenvalue weighted by molar-refractivity contribution is 0.325. The van der Waals surface area contributed by atoms with Gasteiger partial charge in [-0.1, -0.05) is 6.92 Å². The lowest BCUT2D eigenvalue weighted by atomic mass is 10.3. The van der Waals surface area contributed by atoms with Gasteiger partial charge in [0.2, 0.25) is 5.88 Å². The Bertz CT molecular complexity index is 426. The lowest BCUT2D eigenvalue weighted by Crippen LogP contribution is -2.03. The average molecular weight is 195 g/mol. The first-order valence-electron chi connectivity index (χ1n) is 3.95. The molecule has 0 aliphatic heterocycles. The van der Waals surface area contributed by atoms with Crippen LogP contribution in [0.2, 0.25) is 0 Å². The van der Waals surface area contributed by atoms with Crippen molar-refractivity contribution < 1.29 is 4.84 Å². The number of aryl methyl sites for hydroxylation is 1. The van der Waals surface area contributed by atoms with Crippen LogP contribution in [-0.2, 0) is 6.42 Å². The number of fused-ring (bicyclic) bond motifs is 1. The molecule has 0 spiro atoms. The second-order valence-corrected chi connectivity index (χ2v) is 3.70. The SMILES string of the molecule is CCc1cc2c(ON)ncnc2s1. The van der Waals surface area contributed by atoms with Gasteiger partial charge in [-0.25, -0.2) is 4.98 Å². The van der Waals surface area contributed by atoms with Crippen LogP contribution >= 0.6 is 11.3 Å². The Hall–Kier alpha value is -1.20. The Balaban J connectivity index is 2.67. The van der Waals surface area contributed by atoms with E-state index in [9.17, 15) is 0 Å². The maximum Gasteiger partial charge on any atom is 0.249 e. The van der Waals surface area contributed by atoms with Crippen molar-refractivity contribution in [2.45, 2.75) is 13.3 Å². The molecule has 0 radical (unpaired) electrons. The van der Waals surface area contributed by atoms with E-state index in [0.717, 1.165) is 16.6 Å². The minimum Gasteiger partial charge on any atom is -0.390 e. The molecular formula is C8H9N3OS. The van der Waals surface area contributed by atoms with Crippen molar-refractivity contribution in [2.24, 2.45) is 5.90 Å². The summed E-state index contributed by atoms with van der Waals surface area (Å²) in [4.78, 5) is 14.9. The molecule has 2 rings (SSSR count). The number of aromatic nitrogens is 2. The molecule has 0 saturated heterocycles. The van der Waals surface area contributed by atoms with Gasteiger partial charge in [0.05, 0.1) is 5.39 Å². The molecule has 0 aromatic carbocycles. The Morgan fingerprint density at radius 3 is 3.08 bits per heavy atom. The summed E-state index contributed by atoms with van der Waals surface area (Å²) in [6.07, 6.45) is 2.45. The Kier molecular flexibility index (Phi) is 2.12. The number of rotatable bonds is 2. The number of nitrogens with zero attached hydrogens (tertiary/aromatic N) is 2. The van der Waals surface area contributed by atoms with E-state index in [-0.39, 0.29) is 0 Å². The Labute approximate surface area is 79.3 Å². The summed E-state index contributed by atoms with van der Waals surface area (Å²) in [5.74, 6) is 5.53. The standard InChI is InChI=1S/C8H9N3OS/c1-2-5-3-6-7(12-9)10-4-11-8(6)13-5/h3-4H,2,9H2,1H3. The quantitative estimate of drug-likeness (QED) is 0.738. The molecule has 0 fully saturated rings. The summed E-state index contributed by atoms with van der Waals surface area (Å²) in [5, 5.41) is 0.895. The molecule has 0 aliphatic carbocycles. The van der Waals surface area contributed by atoms with E-state index in [1.807, 2.05) is 6.07 Å². The smallest absolute Gasteiger partial charge is 0.249 e. The summed E-state index contributed by atoms with van der Waals surface area (Å²) < 4.78 is 0. The van der Waals surface area contributed by atoms with Crippen molar-refractivity contribution in [3.8, 4) is 5.88 Å². The molecule has 0 unspecified atom stereocenters. The lowest BCUT2D eigenvalue weighted by Gasteiger charge is -1.95. The maximum absolute atomic E-state index is 5.08. The molecule has 4 nitrogen and oxygen atoms in total. The van der Waals surface area contributed by atoms with Gasteiger partial charge in [0.15, 0.2) is 0 Å². The van der Waals surface area contributed by atoms with E-state index in [1.165, 1.54) is 11.2 Å². The molecule has 68 valence electrons. The van der Waals surface area contributed by atoms with Crippen LogP contribution in [0.4, 0.5) is 0 Å². The first-order valence-corrected chi connectivity index (χ1v) is 4.77. The fourth-order valence-electron chi connectivity index (χ4n) is 1.15. The maximum atomic E-state index is 5.08. The first-order chi connectivity index (χ1) is 6.35. The van der Waals surface area contributed by atoms with Crippen molar-refractivity contribution in [1.82, 2.24) is 9.97 Å². The molecule has 2 aromatic heterocycles. The molecule has 0 saturated carbocycles. The van der Waals surface area contributed by atoms with Crippen LogP contribution in [0.3, 0.4) is 0 Å². The van der Waals surface area contributed by atoms with E-state index in [4.69, 9.17) is 5.90 Å². The van der Waals surface area contributed by atoms with Crippen LogP contribution in [0.1, 0.15) is 11.8 Å². The molecular weight excluding hydrogens is 186 g/mol. The van der Waals surface area contributed by atoms with Gasteiger partial charge >= 0.3 is 0 Å². The molecule has 2 aromatic rings. The monoisotopic (exact) mass is 195 g/mol. The summed E-state index contributed by atoms with van der Waals surface area (Å²) >= 11 is 1.64. The molecule has 0 aliphatic rings. The van der Waals surface area contributed by atoms with Crippen LogP contribution in [0, 0.1) is 0 Å². The van der Waals surface area contributed by atoms with E-state index in [0.29, 0.717) is 5.88 Å². The minimum absolute atomic E-state index is 0.445. The molecule has 5 heteroatoms. The van der Waals surface area contributed by atoms with Crippen molar-refractivity contribution in [1.29, 1.82) is 0 Å². The summed E-state index contributed by atoms with van der Waals surface area (Å²) in [6, 6.07) is 2.02. The van der Waals surface area contributed by atoms with Gasteiger partial charge in [-0.3, -0.25) is 0 Å². The van der Waals surface area contributed by atoms with Crippen molar-refractivity contribution in [3.63, 3.8) is 0 Å². The largest absolute Gasteiger partial charge is 0.390 e. The van der Waals surface area contributed by atoms with Crippen molar-refractivity contribution in [2.75, 3.05) is 0 Å². The summed E-state index contributed by atoms with van der Waals surface area (Å²) in [7, 11) is 0. The van der Waals surface area contributed by atoms with Crippen LogP contribution < -0.4 is 10.7 Å². The fourth-order valence-corrected chi connectivity index (χ4v) is 2.08. The van der Waals surface area contributed by atoms with Gasteiger partial charge in [-0.15, -0.1) is 11.3 Å². The van der Waals surface area contributed by atoms with Crippen molar-refractivity contribution >= 4 is 21.6 Å². The van der Waals surface area contributed by atoms with Gasteiger partial charge in [0, 0.05) is 4.88 Å². The second-order valence-electron chi connectivity index (χ2n) is 2.58. The van der Waals surface area contributed by atoms with Crippen LogP contribution in [0.5, 0.6) is 5.88 Å².